The van der Waals surface area contributed by atoms with Crippen molar-refractivity contribution in [1.82, 2.24) is 4.98 Å². The number of nitrogens with one attached hydrogen (secondary N) is 1. The normalized spacial score (nSPS) is 11.3. The number of rotatable bonds is 5. The molecule has 15 heavy (non-hydrogen) atoms. The van der Waals surface area contributed by atoms with E-state index < -0.39 is 10.0 Å². The number of hydrogen-bond acceptors (Lipinski definition) is 4. The van der Waals surface area contributed by atoms with Crippen LogP contribution in [0.4, 0.5) is 5.82 Å². The van der Waals surface area contributed by atoms with Crippen LogP contribution in [0.15, 0.2) is 18.3 Å². The van der Waals surface area contributed by atoms with Gasteiger partial charge in [0.1, 0.15) is 5.82 Å². The van der Waals surface area contributed by atoms with E-state index in [9.17, 15) is 8.42 Å². The van der Waals surface area contributed by atoms with Gasteiger partial charge in [0.25, 0.3) is 0 Å². The summed E-state index contributed by atoms with van der Waals surface area (Å²) in [6, 6.07) is 3.64. The quantitative estimate of drug-likeness (QED) is 0.859. The van der Waals surface area contributed by atoms with E-state index in [4.69, 9.17) is 0 Å². The van der Waals surface area contributed by atoms with Crippen molar-refractivity contribution < 1.29 is 8.42 Å². The van der Waals surface area contributed by atoms with Crippen molar-refractivity contribution in [1.29, 1.82) is 0 Å². The molecule has 0 aromatic carbocycles. The Balaban J connectivity index is 2.74. The van der Waals surface area contributed by atoms with Crippen molar-refractivity contribution in [3.63, 3.8) is 0 Å². The molecule has 0 spiro atoms. The number of hydrogen-bond donors (Lipinski definition) is 1. The first-order valence-corrected chi connectivity index (χ1v) is 7.56. The van der Waals surface area contributed by atoms with Gasteiger partial charge >= 0.3 is 0 Å². The minimum Gasteiger partial charge on any atom is -0.268 e. The molecule has 6 heteroatoms. The summed E-state index contributed by atoms with van der Waals surface area (Å²) < 4.78 is 24.3. The van der Waals surface area contributed by atoms with Crippen LogP contribution >= 0.6 is 11.8 Å². The molecule has 0 aliphatic carbocycles. The van der Waals surface area contributed by atoms with Gasteiger partial charge in [-0.2, -0.15) is 11.8 Å². The highest BCUT2D eigenvalue weighted by atomic mass is 32.2. The van der Waals surface area contributed by atoms with E-state index in [1.807, 2.05) is 6.07 Å². The standard InChI is InChI=1S/C9H14N2O2S2/c1-3-14-7-8-4-5-10-9(6-8)11-15(2,12)13/h4-6H,3,7H2,1-2H3,(H,10,11). The molecule has 84 valence electrons. The summed E-state index contributed by atoms with van der Waals surface area (Å²) in [4.78, 5) is 3.93. The third kappa shape index (κ3) is 5.03. The zero-order valence-corrected chi connectivity index (χ0v) is 10.4. The van der Waals surface area contributed by atoms with Crippen molar-refractivity contribution in [3.8, 4) is 0 Å². The van der Waals surface area contributed by atoms with Gasteiger partial charge in [0.2, 0.25) is 10.0 Å². The van der Waals surface area contributed by atoms with Crippen molar-refractivity contribution >= 4 is 27.6 Å². The van der Waals surface area contributed by atoms with E-state index in [1.54, 1.807) is 24.0 Å². The smallest absolute Gasteiger partial charge is 0.230 e. The number of thioether (sulfide) groups is 1. The van der Waals surface area contributed by atoms with Crippen molar-refractivity contribution in [3.05, 3.63) is 23.9 Å². The summed E-state index contributed by atoms with van der Waals surface area (Å²) >= 11 is 1.78. The van der Waals surface area contributed by atoms with Crippen molar-refractivity contribution in [2.24, 2.45) is 0 Å². The Morgan fingerprint density at radius 2 is 2.27 bits per heavy atom. The van der Waals surface area contributed by atoms with E-state index in [0.29, 0.717) is 5.82 Å². The summed E-state index contributed by atoms with van der Waals surface area (Å²) in [5, 5.41) is 0. The number of anilines is 1. The maximum Gasteiger partial charge on any atom is 0.230 e. The van der Waals surface area contributed by atoms with Crippen LogP contribution < -0.4 is 4.72 Å². The van der Waals surface area contributed by atoms with E-state index in [-0.39, 0.29) is 0 Å². The van der Waals surface area contributed by atoms with Crippen LogP contribution in [0.5, 0.6) is 0 Å². The zero-order chi connectivity index (χ0) is 11.3. The first kappa shape index (κ1) is 12.3. The molecular weight excluding hydrogens is 232 g/mol. The van der Waals surface area contributed by atoms with E-state index in [2.05, 4.69) is 16.6 Å². The van der Waals surface area contributed by atoms with Crippen LogP contribution in [0.25, 0.3) is 0 Å². The Kier molecular flexibility index (Phi) is 4.41. The van der Waals surface area contributed by atoms with Gasteiger partial charge in [0.15, 0.2) is 0 Å². The summed E-state index contributed by atoms with van der Waals surface area (Å²) in [5.74, 6) is 2.29. The van der Waals surface area contributed by atoms with Gasteiger partial charge in [-0.1, -0.05) is 6.92 Å². The van der Waals surface area contributed by atoms with Crippen molar-refractivity contribution in [2.75, 3.05) is 16.7 Å². The lowest BCUT2D eigenvalue weighted by Gasteiger charge is -2.04. The van der Waals surface area contributed by atoms with Crippen LogP contribution in [0.1, 0.15) is 12.5 Å². The monoisotopic (exact) mass is 246 g/mol. The Morgan fingerprint density at radius 1 is 1.53 bits per heavy atom. The molecule has 0 aliphatic heterocycles. The Labute approximate surface area is 94.5 Å². The molecule has 0 bridgehead atoms. The predicted molar refractivity (Wildman–Crippen MR) is 64.5 cm³/mol. The third-order valence-electron chi connectivity index (χ3n) is 1.59. The summed E-state index contributed by atoms with van der Waals surface area (Å²) in [6.45, 7) is 2.08. The van der Waals surface area contributed by atoms with Crippen LogP contribution in [-0.2, 0) is 15.8 Å². The second kappa shape index (κ2) is 5.37. The highest BCUT2D eigenvalue weighted by Crippen LogP contribution is 2.14. The number of nitrogens with zero attached hydrogens (tertiary/aromatic N) is 1. The van der Waals surface area contributed by atoms with Gasteiger partial charge < -0.3 is 0 Å². The maximum atomic E-state index is 11.0. The van der Waals surface area contributed by atoms with Crippen LogP contribution in [-0.4, -0.2) is 25.4 Å². The van der Waals surface area contributed by atoms with Crippen molar-refractivity contribution in [2.45, 2.75) is 12.7 Å². The first-order chi connectivity index (χ1) is 7.01. The lowest BCUT2D eigenvalue weighted by Crippen LogP contribution is -2.10. The summed E-state index contributed by atoms with van der Waals surface area (Å²) in [7, 11) is -3.23. The number of pyridine rings is 1. The molecular formula is C9H14N2O2S2. The van der Waals surface area contributed by atoms with Crippen LogP contribution in [0.3, 0.4) is 0 Å². The highest BCUT2D eigenvalue weighted by Gasteiger charge is 2.03. The van der Waals surface area contributed by atoms with Crippen LogP contribution in [0, 0.1) is 0 Å². The molecule has 4 nitrogen and oxygen atoms in total. The fourth-order valence-electron chi connectivity index (χ4n) is 1.03. The van der Waals surface area contributed by atoms with Gasteiger partial charge in [-0.25, -0.2) is 13.4 Å². The average Bonchev–Trinajstić information content (AvgIpc) is 2.12. The second-order valence-electron chi connectivity index (χ2n) is 3.06. The SMILES string of the molecule is CCSCc1ccnc(NS(C)(=O)=O)c1. The fourth-order valence-corrected chi connectivity index (χ4v) is 2.14. The molecule has 0 saturated carbocycles. The van der Waals surface area contributed by atoms with E-state index >= 15 is 0 Å². The fraction of sp³-hybridized carbons (Fsp3) is 0.444. The topological polar surface area (TPSA) is 59.1 Å². The molecule has 1 rings (SSSR count). The summed E-state index contributed by atoms with van der Waals surface area (Å²) in [5.41, 5.74) is 1.07. The third-order valence-corrected chi connectivity index (χ3v) is 3.11. The highest BCUT2D eigenvalue weighted by molar-refractivity contribution is 7.98. The molecule has 0 saturated heterocycles. The molecule has 1 aromatic rings. The second-order valence-corrected chi connectivity index (χ2v) is 6.08. The van der Waals surface area contributed by atoms with E-state index in [1.165, 1.54) is 0 Å². The van der Waals surface area contributed by atoms with Crippen LogP contribution in [0.2, 0.25) is 0 Å². The zero-order valence-electron chi connectivity index (χ0n) is 8.73. The van der Waals surface area contributed by atoms with Gasteiger partial charge in [0, 0.05) is 11.9 Å². The predicted octanol–water partition coefficient (Wildman–Crippen LogP) is 1.71. The Morgan fingerprint density at radius 3 is 2.87 bits per heavy atom. The Hall–Kier alpha value is -0.750. The molecule has 0 unspecified atom stereocenters. The van der Waals surface area contributed by atoms with Gasteiger partial charge in [-0.05, 0) is 23.4 Å². The maximum absolute atomic E-state index is 11.0. The molecule has 1 heterocycles. The van der Waals surface area contributed by atoms with Gasteiger partial charge in [0.05, 0.1) is 6.26 Å². The minimum atomic E-state index is -3.23. The van der Waals surface area contributed by atoms with E-state index in [0.717, 1.165) is 23.3 Å². The largest absolute Gasteiger partial charge is 0.268 e. The average molecular weight is 246 g/mol. The lowest BCUT2D eigenvalue weighted by atomic mass is 10.3. The molecule has 0 fully saturated rings. The number of sulfonamides is 1. The molecule has 1 aromatic heterocycles. The molecule has 1 N–H and O–H groups in total. The van der Waals surface area contributed by atoms with Gasteiger partial charge in [-0.3, -0.25) is 4.72 Å². The Bertz CT molecular complexity index is 418. The lowest BCUT2D eigenvalue weighted by molar-refractivity contribution is 0.606. The first-order valence-electron chi connectivity index (χ1n) is 4.51. The molecule has 0 radical (unpaired) electrons. The molecule has 0 aliphatic rings. The molecule has 0 amide bonds. The molecule has 0 atom stereocenters. The summed E-state index contributed by atoms with van der Waals surface area (Å²) in [6.07, 6.45) is 2.72. The minimum absolute atomic E-state index is 0.381. The van der Waals surface area contributed by atoms with Gasteiger partial charge in [-0.15, -0.1) is 0 Å². The number of aromatic nitrogens is 1.